The molecule has 0 aliphatic heterocycles. The smallest absolute Gasteiger partial charge is 0.242 e. The van der Waals surface area contributed by atoms with Crippen LogP contribution >= 0.6 is 28.3 Å². The summed E-state index contributed by atoms with van der Waals surface area (Å²) in [6.45, 7) is 3.13. The van der Waals surface area contributed by atoms with Crippen LogP contribution < -0.4 is 15.8 Å². The zero-order chi connectivity index (χ0) is 15.7. The topological polar surface area (TPSA) is 84.7 Å². The van der Waals surface area contributed by atoms with Crippen molar-refractivity contribution in [2.45, 2.75) is 6.92 Å². The number of hydrogen-bond donors (Lipinski definition) is 2. The second-order valence-electron chi connectivity index (χ2n) is 4.26. The quantitative estimate of drug-likeness (QED) is 0.693. The van der Waals surface area contributed by atoms with Crippen molar-refractivity contribution >= 4 is 40.2 Å². The third-order valence-corrected chi connectivity index (χ3v) is 3.33. The van der Waals surface area contributed by atoms with Crippen LogP contribution in [0.3, 0.4) is 0 Å². The van der Waals surface area contributed by atoms with E-state index in [1.165, 1.54) is 0 Å². The maximum absolute atomic E-state index is 11.9. The van der Waals surface area contributed by atoms with E-state index in [-0.39, 0.29) is 37.3 Å². The van der Waals surface area contributed by atoms with Gasteiger partial charge in [0.2, 0.25) is 11.8 Å². The Balaban J connectivity index is 0.00000441. The molecule has 6 nitrogen and oxygen atoms in total. The fourth-order valence-corrected chi connectivity index (χ4v) is 1.89. The lowest BCUT2D eigenvalue weighted by atomic mass is 10.3. The monoisotopic (exact) mass is 393 g/mol. The van der Waals surface area contributed by atoms with Crippen LogP contribution in [0.4, 0.5) is 0 Å². The van der Waals surface area contributed by atoms with E-state index < -0.39 is 0 Å². The number of halogens is 2. The highest BCUT2D eigenvalue weighted by Gasteiger charge is 2.12. The molecule has 0 aliphatic carbocycles. The highest BCUT2D eigenvalue weighted by atomic mass is 79.9. The maximum atomic E-state index is 11.9. The second kappa shape index (κ2) is 11.3. The summed E-state index contributed by atoms with van der Waals surface area (Å²) >= 11 is 3.35. The normalized spacial score (nSPS) is 9.59. The van der Waals surface area contributed by atoms with Gasteiger partial charge in [0, 0.05) is 11.0 Å². The van der Waals surface area contributed by atoms with Gasteiger partial charge in [-0.3, -0.25) is 9.59 Å². The van der Waals surface area contributed by atoms with E-state index in [9.17, 15) is 9.59 Å². The van der Waals surface area contributed by atoms with Crippen LogP contribution in [0.15, 0.2) is 28.7 Å². The molecular formula is C14H21BrClN3O3. The first-order chi connectivity index (χ1) is 10.1. The third-order valence-electron chi connectivity index (χ3n) is 2.80. The zero-order valence-corrected chi connectivity index (χ0v) is 14.8. The molecule has 0 spiro atoms. The van der Waals surface area contributed by atoms with Crippen molar-refractivity contribution in [2.75, 3.05) is 32.8 Å². The van der Waals surface area contributed by atoms with Gasteiger partial charge in [-0.15, -0.1) is 12.4 Å². The molecule has 0 saturated heterocycles. The molecule has 22 heavy (non-hydrogen) atoms. The molecule has 1 aromatic rings. The highest BCUT2D eigenvalue weighted by Crippen LogP contribution is 2.15. The summed E-state index contributed by atoms with van der Waals surface area (Å²) in [6, 6.07) is 7.48. The van der Waals surface area contributed by atoms with Crippen LogP contribution in [0, 0.1) is 0 Å². The number of hydrogen-bond acceptors (Lipinski definition) is 4. The summed E-state index contributed by atoms with van der Waals surface area (Å²) in [5.74, 6) is 0.252. The Bertz CT molecular complexity index is 471. The lowest BCUT2D eigenvalue weighted by molar-refractivity contribution is -0.132. The van der Waals surface area contributed by atoms with Gasteiger partial charge in [0.05, 0.1) is 19.6 Å². The number of ether oxygens (including phenoxy) is 1. The van der Waals surface area contributed by atoms with E-state index in [2.05, 4.69) is 21.2 Å². The molecular weight excluding hydrogens is 374 g/mol. The third kappa shape index (κ3) is 7.63. The fraction of sp³-hybridized carbons (Fsp3) is 0.429. The number of rotatable bonds is 8. The summed E-state index contributed by atoms with van der Waals surface area (Å²) in [7, 11) is 0. The molecule has 0 bridgehead atoms. The van der Waals surface area contributed by atoms with Gasteiger partial charge in [0.25, 0.3) is 0 Å². The van der Waals surface area contributed by atoms with Crippen molar-refractivity contribution in [1.29, 1.82) is 0 Å². The molecule has 0 aromatic heterocycles. The first-order valence-electron chi connectivity index (χ1n) is 6.69. The maximum Gasteiger partial charge on any atom is 0.242 e. The summed E-state index contributed by atoms with van der Waals surface area (Å²) in [5, 5.41) is 2.46. The highest BCUT2D eigenvalue weighted by molar-refractivity contribution is 9.10. The van der Waals surface area contributed by atoms with E-state index >= 15 is 0 Å². The van der Waals surface area contributed by atoms with Gasteiger partial charge < -0.3 is 20.7 Å². The molecule has 124 valence electrons. The number of benzene rings is 1. The Hall–Kier alpha value is -1.31. The standard InChI is InChI=1S/C14H20BrN3O3.ClH/c1-2-18(14(20)10-17-13(19)9-16)7-8-21-12-5-3-11(15)4-6-12;/h3-6H,2,7-10,16H2,1H3,(H,17,19);1H. The molecule has 2 amide bonds. The molecule has 0 heterocycles. The van der Waals surface area contributed by atoms with Gasteiger partial charge in [0.15, 0.2) is 0 Å². The first kappa shape index (κ1) is 20.7. The Morgan fingerprint density at radius 2 is 1.95 bits per heavy atom. The van der Waals surface area contributed by atoms with Gasteiger partial charge in [-0.05, 0) is 31.2 Å². The van der Waals surface area contributed by atoms with Crippen molar-refractivity contribution in [3.8, 4) is 5.75 Å². The van der Waals surface area contributed by atoms with Crippen molar-refractivity contribution in [1.82, 2.24) is 10.2 Å². The van der Waals surface area contributed by atoms with E-state index in [0.717, 1.165) is 10.2 Å². The Morgan fingerprint density at radius 3 is 2.50 bits per heavy atom. The van der Waals surface area contributed by atoms with Gasteiger partial charge in [-0.2, -0.15) is 0 Å². The number of nitrogens with zero attached hydrogens (tertiary/aromatic N) is 1. The predicted molar refractivity (Wildman–Crippen MR) is 91.2 cm³/mol. The summed E-state index contributed by atoms with van der Waals surface area (Å²) in [4.78, 5) is 24.5. The van der Waals surface area contributed by atoms with E-state index in [4.69, 9.17) is 10.5 Å². The van der Waals surface area contributed by atoms with Crippen LogP contribution in [0.25, 0.3) is 0 Å². The molecule has 0 radical (unpaired) electrons. The molecule has 0 aliphatic rings. The molecule has 0 saturated carbocycles. The molecule has 1 rings (SSSR count). The Kier molecular flexibility index (Phi) is 10.6. The van der Waals surface area contributed by atoms with E-state index in [0.29, 0.717) is 19.7 Å². The van der Waals surface area contributed by atoms with Crippen LogP contribution in [0.2, 0.25) is 0 Å². The average Bonchev–Trinajstić information content (AvgIpc) is 2.50. The Morgan fingerprint density at radius 1 is 1.32 bits per heavy atom. The lowest BCUT2D eigenvalue weighted by Gasteiger charge is -2.21. The number of nitrogens with two attached hydrogens (primary N) is 1. The Labute approximate surface area is 144 Å². The van der Waals surface area contributed by atoms with Gasteiger partial charge in [-0.25, -0.2) is 0 Å². The van der Waals surface area contributed by atoms with Crippen molar-refractivity contribution in [3.63, 3.8) is 0 Å². The molecule has 8 heteroatoms. The van der Waals surface area contributed by atoms with Crippen LogP contribution in [-0.2, 0) is 9.59 Å². The summed E-state index contributed by atoms with van der Waals surface area (Å²) < 4.78 is 6.55. The summed E-state index contributed by atoms with van der Waals surface area (Å²) in [5.41, 5.74) is 5.16. The summed E-state index contributed by atoms with van der Waals surface area (Å²) in [6.07, 6.45) is 0. The number of amides is 2. The fourth-order valence-electron chi connectivity index (χ4n) is 1.62. The lowest BCUT2D eigenvalue weighted by Crippen LogP contribution is -2.43. The number of carbonyl (C=O) groups excluding carboxylic acids is 2. The molecule has 0 unspecified atom stereocenters. The number of nitrogens with one attached hydrogen (secondary N) is 1. The molecule has 1 aromatic carbocycles. The SMILES string of the molecule is CCN(CCOc1ccc(Br)cc1)C(=O)CNC(=O)CN.Cl. The minimum absolute atomic E-state index is 0. The van der Waals surface area contributed by atoms with Crippen molar-refractivity contribution in [2.24, 2.45) is 5.73 Å². The van der Waals surface area contributed by atoms with Gasteiger partial charge >= 0.3 is 0 Å². The van der Waals surface area contributed by atoms with Gasteiger partial charge in [0.1, 0.15) is 12.4 Å². The van der Waals surface area contributed by atoms with E-state index in [1.807, 2.05) is 31.2 Å². The number of likely N-dealkylation sites (N-methyl/N-ethyl adjacent to an activating group) is 1. The minimum Gasteiger partial charge on any atom is -0.492 e. The zero-order valence-electron chi connectivity index (χ0n) is 12.4. The van der Waals surface area contributed by atoms with Crippen LogP contribution in [0.5, 0.6) is 5.75 Å². The van der Waals surface area contributed by atoms with Gasteiger partial charge in [-0.1, -0.05) is 15.9 Å². The van der Waals surface area contributed by atoms with Crippen molar-refractivity contribution < 1.29 is 14.3 Å². The number of carbonyl (C=O) groups is 2. The molecule has 3 N–H and O–H groups in total. The second-order valence-corrected chi connectivity index (χ2v) is 5.17. The molecule has 0 fully saturated rings. The van der Waals surface area contributed by atoms with E-state index in [1.54, 1.807) is 4.90 Å². The van der Waals surface area contributed by atoms with Crippen LogP contribution in [-0.4, -0.2) is 49.5 Å². The minimum atomic E-state index is -0.342. The van der Waals surface area contributed by atoms with Crippen molar-refractivity contribution in [3.05, 3.63) is 28.7 Å². The molecule has 0 atom stereocenters. The predicted octanol–water partition coefficient (Wildman–Crippen LogP) is 1.17. The first-order valence-corrected chi connectivity index (χ1v) is 7.49. The van der Waals surface area contributed by atoms with Crippen LogP contribution in [0.1, 0.15) is 6.92 Å². The largest absolute Gasteiger partial charge is 0.492 e. The average molecular weight is 395 g/mol.